The number of carbonyl (C=O) groups is 2. The first kappa shape index (κ1) is 26.4. The normalized spacial score (nSPS) is 18.2. The van der Waals surface area contributed by atoms with Gasteiger partial charge in [0, 0.05) is 25.4 Å². The van der Waals surface area contributed by atoms with Crippen LogP contribution in [0.5, 0.6) is 5.75 Å². The van der Waals surface area contributed by atoms with Gasteiger partial charge in [-0.2, -0.15) is 13.2 Å². The maximum absolute atomic E-state index is 13.3. The lowest BCUT2D eigenvalue weighted by Crippen LogP contribution is -2.48. The highest BCUT2D eigenvalue weighted by atomic mass is 19.4. The van der Waals surface area contributed by atoms with Crippen LogP contribution in [0.1, 0.15) is 16.9 Å². The van der Waals surface area contributed by atoms with Crippen LogP contribution in [0, 0.1) is 0 Å². The van der Waals surface area contributed by atoms with Crippen molar-refractivity contribution in [1.29, 1.82) is 0 Å². The summed E-state index contributed by atoms with van der Waals surface area (Å²) < 4.78 is 43.0. The van der Waals surface area contributed by atoms with Gasteiger partial charge in [-0.3, -0.25) is 15.0 Å². The Morgan fingerprint density at radius 2 is 2.03 bits per heavy atom. The van der Waals surface area contributed by atoms with Crippen molar-refractivity contribution < 1.29 is 42.8 Å². The fourth-order valence-corrected chi connectivity index (χ4v) is 3.98. The van der Waals surface area contributed by atoms with Crippen LogP contribution >= 0.6 is 0 Å². The van der Waals surface area contributed by atoms with Gasteiger partial charge in [0.2, 0.25) is 0 Å². The molecule has 4 rings (SSSR count). The minimum Gasteiger partial charge on any atom is -0.491 e. The summed E-state index contributed by atoms with van der Waals surface area (Å²) in [7, 11) is 0. The number of nitrogens with one attached hydrogen (secondary N) is 2. The minimum absolute atomic E-state index is 0.137. The van der Waals surface area contributed by atoms with Crippen molar-refractivity contribution in [2.75, 3.05) is 48.0 Å². The quantitative estimate of drug-likeness (QED) is 0.330. The van der Waals surface area contributed by atoms with E-state index in [2.05, 4.69) is 15.3 Å². The van der Waals surface area contributed by atoms with E-state index in [1.807, 2.05) is 10.2 Å². The molecule has 3 amide bonds. The molecule has 15 heteroatoms. The molecule has 0 radical (unpaired) electrons. The topological polar surface area (TPSA) is 160 Å². The summed E-state index contributed by atoms with van der Waals surface area (Å²) in [6.45, 7) is -0.515. The summed E-state index contributed by atoms with van der Waals surface area (Å²) in [5.74, 6) is -0.343. The highest BCUT2D eigenvalue weighted by molar-refractivity contribution is 6.05. The predicted molar refractivity (Wildman–Crippen MR) is 124 cm³/mol. The van der Waals surface area contributed by atoms with Gasteiger partial charge in [0.05, 0.1) is 24.9 Å². The summed E-state index contributed by atoms with van der Waals surface area (Å²) in [5, 5.41) is 32.1. The van der Waals surface area contributed by atoms with Gasteiger partial charge in [-0.1, -0.05) is 0 Å². The van der Waals surface area contributed by atoms with Crippen molar-refractivity contribution >= 4 is 29.3 Å². The molecule has 1 fully saturated rings. The molecule has 2 unspecified atom stereocenters. The molecular weight excluding hydrogens is 501 g/mol. The number of aliphatic hydroxyl groups is 3. The third-order valence-corrected chi connectivity index (χ3v) is 5.86. The van der Waals surface area contributed by atoms with Crippen LogP contribution < -0.4 is 25.2 Å². The van der Waals surface area contributed by atoms with Crippen LogP contribution in [0.2, 0.25) is 0 Å². The Morgan fingerprint density at radius 1 is 1.24 bits per heavy atom. The number of fused-ring (bicyclic) bond motifs is 4. The number of pyridine rings is 2. The first-order valence-corrected chi connectivity index (χ1v) is 11.3. The molecule has 2 aromatic heterocycles. The number of nitrogens with zero attached hydrogens (tertiary/aromatic N) is 4. The van der Waals surface area contributed by atoms with Crippen molar-refractivity contribution in [3.8, 4) is 5.75 Å². The molecular formula is C22H25F3N6O6. The van der Waals surface area contributed by atoms with Crippen molar-refractivity contribution in [3.05, 3.63) is 36.2 Å². The van der Waals surface area contributed by atoms with Gasteiger partial charge < -0.3 is 30.3 Å². The molecule has 0 spiro atoms. The van der Waals surface area contributed by atoms with Gasteiger partial charge in [0.15, 0.2) is 11.9 Å². The van der Waals surface area contributed by atoms with Gasteiger partial charge in [-0.15, -0.1) is 0 Å². The standard InChI is InChI=1S/C22H25F3N6O6/c23-22(24,25)17(34)8-27-20(35)15-1-2-16-19(28-15)31(12-4-6-30(16)9-12)21(36)29-18-7-14(3-5-26-18)37-11-13(33)10-32/h1-3,5,7,12-13,17,32-34H,4,6,8-11H2,(H,27,35)(H,26,29,36)/t12-,13?,17?/m0/s1. The average molecular weight is 526 g/mol. The maximum Gasteiger partial charge on any atom is 0.416 e. The lowest BCUT2D eigenvalue weighted by atomic mass is 10.1. The molecule has 2 aliphatic rings. The van der Waals surface area contributed by atoms with Gasteiger partial charge in [0.1, 0.15) is 30.0 Å². The predicted octanol–water partition coefficient (Wildman–Crippen LogP) is 0.492. The number of rotatable bonds is 8. The number of hydrogen-bond donors (Lipinski definition) is 5. The molecule has 200 valence electrons. The van der Waals surface area contributed by atoms with E-state index in [0.29, 0.717) is 30.9 Å². The van der Waals surface area contributed by atoms with Gasteiger partial charge in [-0.05, 0) is 24.6 Å². The molecule has 5 N–H and O–H groups in total. The van der Waals surface area contributed by atoms with E-state index in [1.165, 1.54) is 29.3 Å². The number of amides is 3. The van der Waals surface area contributed by atoms with E-state index in [0.717, 1.165) is 0 Å². The van der Waals surface area contributed by atoms with Crippen LogP contribution in [-0.2, 0) is 0 Å². The summed E-state index contributed by atoms with van der Waals surface area (Å²) in [4.78, 5) is 37.4. The number of carbonyl (C=O) groups excluding carboxylic acids is 2. The SMILES string of the molecule is O=C(NCC(O)C(F)(F)F)c1ccc2c(n1)N(C(=O)Nc1cc(OCC(O)CO)ccn1)[C@H]1CCN2C1. The van der Waals surface area contributed by atoms with Crippen LogP contribution in [0.25, 0.3) is 0 Å². The summed E-state index contributed by atoms with van der Waals surface area (Å²) in [6, 6.07) is 4.98. The second kappa shape index (κ2) is 10.7. The summed E-state index contributed by atoms with van der Waals surface area (Å²) >= 11 is 0. The minimum atomic E-state index is -4.88. The number of alkyl halides is 3. The fraction of sp³-hybridized carbons (Fsp3) is 0.455. The smallest absolute Gasteiger partial charge is 0.416 e. The largest absolute Gasteiger partial charge is 0.491 e. The fourth-order valence-electron chi connectivity index (χ4n) is 3.98. The van der Waals surface area contributed by atoms with E-state index in [4.69, 9.17) is 14.9 Å². The Morgan fingerprint density at radius 3 is 2.76 bits per heavy atom. The first-order valence-electron chi connectivity index (χ1n) is 11.3. The molecule has 37 heavy (non-hydrogen) atoms. The molecule has 2 aliphatic heterocycles. The maximum atomic E-state index is 13.3. The Bertz CT molecular complexity index is 1150. The molecule has 12 nitrogen and oxygen atoms in total. The third-order valence-electron chi connectivity index (χ3n) is 5.86. The Kier molecular flexibility index (Phi) is 7.65. The van der Waals surface area contributed by atoms with E-state index in [9.17, 15) is 27.9 Å². The zero-order chi connectivity index (χ0) is 26.7. The number of urea groups is 1. The van der Waals surface area contributed by atoms with Gasteiger partial charge in [0.25, 0.3) is 5.91 Å². The van der Waals surface area contributed by atoms with Crippen molar-refractivity contribution in [1.82, 2.24) is 15.3 Å². The third kappa shape index (κ3) is 6.00. The van der Waals surface area contributed by atoms with Crippen LogP contribution in [0.3, 0.4) is 0 Å². The van der Waals surface area contributed by atoms with Crippen molar-refractivity contribution in [3.63, 3.8) is 0 Å². The lowest BCUT2D eigenvalue weighted by Gasteiger charge is -2.35. The van der Waals surface area contributed by atoms with Crippen LogP contribution in [0.15, 0.2) is 30.5 Å². The van der Waals surface area contributed by atoms with Crippen LogP contribution in [0.4, 0.5) is 35.3 Å². The molecule has 2 aromatic rings. The number of aliphatic hydroxyl groups excluding tert-OH is 3. The molecule has 4 heterocycles. The number of hydrogen-bond acceptors (Lipinski definition) is 9. The average Bonchev–Trinajstić information content (AvgIpc) is 3.29. The molecule has 0 aromatic carbocycles. The monoisotopic (exact) mass is 526 g/mol. The van der Waals surface area contributed by atoms with Crippen molar-refractivity contribution in [2.45, 2.75) is 30.8 Å². The van der Waals surface area contributed by atoms with E-state index >= 15 is 0 Å². The highest BCUT2D eigenvalue weighted by Crippen LogP contribution is 2.39. The zero-order valence-electron chi connectivity index (χ0n) is 19.4. The van der Waals surface area contributed by atoms with E-state index in [1.54, 1.807) is 6.07 Å². The lowest BCUT2D eigenvalue weighted by molar-refractivity contribution is -0.201. The van der Waals surface area contributed by atoms with Gasteiger partial charge in [-0.25, -0.2) is 14.8 Å². The Labute approximate surface area is 208 Å². The number of anilines is 3. The van der Waals surface area contributed by atoms with Crippen molar-refractivity contribution in [2.24, 2.45) is 0 Å². The number of halogens is 3. The van der Waals surface area contributed by atoms with E-state index < -0.39 is 43.5 Å². The summed E-state index contributed by atoms with van der Waals surface area (Å²) in [5.41, 5.74) is 0.364. The highest BCUT2D eigenvalue weighted by Gasteiger charge is 2.41. The molecule has 2 bridgehead atoms. The van der Waals surface area contributed by atoms with E-state index in [-0.39, 0.29) is 30.0 Å². The Hall–Kier alpha value is -3.69. The molecule has 0 aliphatic carbocycles. The molecule has 1 saturated heterocycles. The summed E-state index contributed by atoms with van der Waals surface area (Å²) in [6.07, 6.45) is -6.67. The Balaban J connectivity index is 1.51. The molecule has 0 saturated carbocycles. The first-order chi connectivity index (χ1) is 17.6. The zero-order valence-corrected chi connectivity index (χ0v) is 19.4. The second-order valence-electron chi connectivity index (χ2n) is 8.52. The van der Waals surface area contributed by atoms with Gasteiger partial charge >= 0.3 is 12.2 Å². The molecule has 3 atom stereocenters. The number of aromatic nitrogens is 2. The number of ether oxygens (including phenoxy) is 1. The van der Waals surface area contributed by atoms with Crippen LogP contribution in [-0.4, -0.2) is 94.5 Å². The second-order valence-corrected chi connectivity index (χ2v) is 8.52.